The molecule has 5 nitrogen and oxygen atoms in total. The fourth-order valence-corrected chi connectivity index (χ4v) is 1.78. The summed E-state index contributed by atoms with van der Waals surface area (Å²) in [5.74, 6) is -0.0485. The molecule has 16 heavy (non-hydrogen) atoms. The highest BCUT2D eigenvalue weighted by Crippen LogP contribution is 2.19. The highest BCUT2D eigenvalue weighted by atomic mass is 16.1. The van der Waals surface area contributed by atoms with Crippen molar-refractivity contribution in [2.75, 3.05) is 0 Å². The maximum absolute atomic E-state index is 10.9. The third-order valence-corrected chi connectivity index (χ3v) is 2.57. The van der Waals surface area contributed by atoms with Crippen molar-refractivity contribution < 1.29 is 4.79 Å². The van der Waals surface area contributed by atoms with E-state index in [1.54, 1.807) is 6.33 Å². The Labute approximate surface area is 93.3 Å². The molecule has 0 saturated heterocycles. The first-order chi connectivity index (χ1) is 7.59. The lowest BCUT2D eigenvalue weighted by Crippen LogP contribution is -2.20. The van der Waals surface area contributed by atoms with Crippen LogP contribution in [-0.4, -0.2) is 20.9 Å². The molecule has 0 aliphatic rings. The summed E-state index contributed by atoms with van der Waals surface area (Å²) in [6.07, 6.45) is 1.65. The Hall–Kier alpha value is -1.91. The number of aryl methyl sites for hydroxylation is 2. The van der Waals surface area contributed by atoms with Crippen molar-refractivity contribution in [2.24, 2.45) is 0 Å². The van der Waals surface area contributed by atoms with Gasteiger partial charge in [-0.1, -0.05) is 0 Å². The normalized spacial score (nSPS) is 10.7. The van der Waals surface area contributed by atoms with Gasteiger partial charge < -0.3 is 10.3 Å². The van der Waals surface area contributed by atoms with E-state index in [4.69, 9.17) is 0 Å². The van der Waals surface area contributed by atoms with Gasteiger partial charge in [-0.2, -0.15) is 0 Å². The molecule has 0 unspecified atom stereocenters. The lowest BCUT2D eigenvalue weighted by Gasteiger charge is -2.08. The second kappa shape index (κ2) is 3.92. The second-order valence-corrected chi connectivity index (χ2v) is 3.80. The summed E-state index contributed by atoms with van der Waals surface area (Å²) < 4.78 is 0. The Morgan fingerprint density at radius 2 is 2.19 bits per heavy atom. The summed E-state index contributed by atoms with van der Waals surface area (Å²) in [5.41, 5.74) is 4.64. The molecular formula is C11H14N4O. The third kappa shape index (κ3) is 1.76. The van der Waals surface area contributed by atoms with E-state index in [-0.39, 0.29) is 5.91 Å². The van der Waals surface area contributed by atoms with E-state index in [9.17, 15) is 4.79 Å². The van der Waals surface area contributed by atoms with Crippen LogP contribution in [0.4, 0.5) is 0 Å². The largest absolute Gasteiger partial charge is 0.352 e. The van der Waals surface area contributed by atoms with Crippen molar-refractivity contribution in [1.82, 2.24) is 20.3 Å². The maximum atomic E-state index is 10.9. The van der Waals surface area contributed by atoms with Crippen LogP contribution >= 0.6 is 0 Å². The van der Waals surface area contributed by atoms with Crippen LogP contribution in [0.2, 0.25) is 0 Å². The summed E-state index contributed by atoms with van der Waals surface area (Å²) in [6.45, 7) is 5.84. The van der Waals surface area contributed by atoms with E-state index in [1.165, 1.54) is 6.92 Å². The van der Waals surface area contributed by atoms with Gasteiger partial charge in [-0.3, -0.25) is 9.78 Å². The number of hydrogen-bond donors (Lipinski definition) is 2. The number of rotatable bonds is 2. The van der Waals surface area contributed by atoms with E-state index >= 15 is 0 Å². The van der Waals surface area contributed by atoms with Gasteiger partial charge in [0, 0.05) is 24.7 Å². The molecule has 0 aliphatic carbocycles. The number of aromatic amines is 1. The summed E-state index contributed by atoms with van der Waals surface area (Å²) in [4.78, 5) is 22.6. The van der Waals surface area contributed by atoms with Crippen LogP contribution in [0.5, 0.6) is 0 Å². The number of carbonyl (C=O) groups is 1. The summed E-state index contributed by atoms with van der Waals surface area (Å²) >= 11 is 0. The van der Waals surface area contributed by atoms with Crippen molar-refractivity contribution in [3.05, 3.63) is 23.3 Å². The SMILES string of the molecule is CC(=O)NCc1c(C)nc(C)c2nc[nH]c12. The minimum absolute atomic E-state index is 0.0485. The fourth-order valence-electron chi connectivity index (χ4n) is 1.78. The topological polar surface area (TPSA) is 70.7 Å². The number of imidazole rings is 1. The summed E-state index contributed by atoms with van der Waals surface area (Å²) in [7, 11) is 0. The van der Waals surface area contributed by atoms with Crippen LogP contribution in [0.1, 0.15) is 23.9 Å². The number of fused-ring (bicyclic) bond motifs is 1. The molecule has 0 atom stereocenters. The highest BCUT2D eigenvalue weighted by molar-refractivity contribution is 5.81. The standard InChI is InChI=1S/C11H14N4O/c1-6-9(4-12-8(3)16)11-10(7(2)15-6)13-5-14-11/h5H,4H2,1-3H3,(H,12,16)(H,13,14). The molecule has 0 aromatic carbocycles. The summed E-state index contributed by atoms with van der Waals surface area (Å²) in [6, 6.07) is 0. The van der Waals surface area contributed by atoms with Gasteiger partial charge in [-0.05, 0) is 13.8 Å². The molecule has 1 amide bonds. The van der Waals surface area contributed by atoms with Crippen LogP contribution in [-0.2, 0) is 11.3 Å². The number of aromatic nitrogens is 3. The molecular weight excluding hydrogens is 204 g/mol. The van der Waals surface area contributed by atoms with E-state index in [1.807, 2.05) is 13.8 Å². The van der Waals surface area contributed by atoms with Gasteiger partial charge in [0.1, 0.15) is 5.52 Å². The van der Waals surface area contributed by atoms with E-state index < -0.39 is 0 Å². The van der Waals surface area contributed by atoms with Crippen LogP contribution in [0.25, 0.3) is 11.0 Å². The van der Waals surface area contributed by atoms with Crippen LogP contribution in [0.3, 0.4) is 0 Å². The zero-order valence-corrected chi connectivity index (χ0v) is 9.59. The molecule has 0 spiro atoms. The molecule has 84 valence electrons. The molecule has 0 fully saturated rings. The number of nitrogens with zero attached hydrogens (tertiary/aromatic N) is 2. The first-order valence-corrected chi connectivity index (χ1v) is 5.13. The minimum atomic E-state index is -0.0485. The molecule has 2 rings (SSSR count). The van der Waals surface area contributed by atoms with Crippen molar-refractivity contribution >= 4 is 16.9 Å². The zero-order chi connectivity index (χ0) is 11.7. The van der Waals surface area contributed by atoms with Gasteiger partial charge in [-0.25, -0.2) is 4.98 Å². The number of hydrogen-bond acceptors (Lipinski definition) is 3. The van der Waals surface area contributed by atoms with Gasteiger partial charge in [-0.15, -0.1) is 0 Å². The Kier molecular flexibility index (Phi) is 2.60. The Balaban J connectivity index is 2.50. The lowest BCUT2D eigenvalue weighted by molar-refractivity contribution is -0.119. The molecule has 2 aromatic heterocycles. The molecule has 2 aromatic rings. The third-order valence-electron chi connectivity index (χ3n) is 2.57. The zero-order valence-electron chi connectivity index (χ0n) is 9.59. The van der Waals surface area contributed by atoms with Crippen molar-refractivity contribution in [2.45, 2.75) is 27.3 Å². The lowest BCUT2D eigenvalue weighted by atomic mass is 10.1. The number of H-pyrrole nitrogens is 1. The van der Waals surface area contributed by atoms with Crippen LogP contribution in [0, 0.1) is 13.8 Å². The van der Waals surface area contributed by atoms with Gasteiger partial charge in [0.05, 0.1) is 17.5 Å². The van der Waals surface area contributed by atoms with Gasteiger partial charge in [0.2, 0.25) is 5.91 Å². The average Bonchev–Trinajstić information content (AvgIpc) is 2.65. The van der Waals surface area contributed by atoms with Crippen LogP contribution < -0.4 is 5.32 Å². The van der Waals surface area contributed by atoms with E-state index in [0.29, 0.717) is 6.54 Å². The van der Waals surface area contributed by atoms with Gasteiger partial charge in [0.15, 0.2) is 0 Å². The monoisotopic (exact) mass is 218 g/mol. The predicted octanol–water partition coefficient (Wildman–Crippen LogP) is 1.21. The molecule has 2 heterocycles. The maximum Gasteiger partial charge on any atom is 0.217 e. The molecule has 5 heteroatoms. The first-order valence-electron chi connectivity index (χ1n) is 5.13. The van der Waals surface area contributed by atoms with Crippen molar-refractivity contribution in [3.63, 3.8) is 0 Å². The summed E-state index contributed by atoms with van der Waals surface area (Å²) in [5, 5.41) is 2.78. The molecule has 0 radical (unpaired) electrons. The quantitative estimate of drug-likeness (QED) is 0.796. The predicted molar refractivity (Wildman–Crippen MR) is 60.9 cm³/mol. The van der Waals surface area contributed by atoms with Gasteiger partial charge >= 0.3 is 0 Å². The Morgan fingerprint density at radius 1 is 1.44 bits per heavy atom. The number of carbonyl (C=O) groups excluding carboxylic acids is 1. The Morgan fingerprint density at radius 3 is 2.88 bits per heavy atom. The van der Waals surface area contributed by atoms with Crippen molar-refractivity contribution in [1.29, 1.82) is 0 Å². The highest BCUT2D eigenvalue weighted by Gasteiger charge is 2.11. The second-order valence-electron chi connectivity index (χ2n) is 3.80. The molecule has 0 aliphatic heterocycles. The van der Waals surface area contributed by atoms with Crippen molar-refractivity contribution in [3.8, 4) is 0 Å². The van der Waals surface area contributed by atoms with Crippen LogP contribution in [0.15, 0.2) is 6.33 Å². The number of nitrogens with one attached hydrogen (secondary N) is 2. The number of pyridine rings is 1. The fraction of sp³-hybridized carbons (Fsp3) is 0.364. The molecule has 0 bridgehead atoms. The average molecular weight is 218 g/mol. The molecule has 0 saturated carbocycles. The first kappa shape index (κ1) is 10.6. The molecule has 2 N–H and O–H groups in total. The van der Waals surface area contributed by atoms with E-state index in [2.05, 4.69) is 20.3 Å². The minimum Gasteiger partial charge on any atom is -0.352 e. The van der Waals surface area contributed by atoms with Gasteiger partial charge in [0.25, 0.3) is 0 Å². The smallest absolute Gasteiger partial charge is 0.217 e. The Bertz CT molecular complexity index is 544. The number of amides is 1. The van der Waals surface area contributed by atoms with E-state index in [0.717, 1.165) is 28.0 Å².